The number of halogens is 18. The summed E-state index contributed by atoms with van der Waals surface area (Å²) in [5, 5.41) is 0. The zero-order valence-electron chi connectivity index (χ0n) is 36.0. The van der Waals surface area contributed by atoms with Gasteiger partial charge in [-0.05, 0) is 12.8 Å². The van der Waals surface area contributed by atoms with Crippen LogP contribution >= 0.6 is 0 Å². The molecule has 0 atom stereocenters. The fourth-order valence-electron chi connectivity index (χ4n) is 6.34. The number of ether oxygens (including phenoxy) is 1. The molecule has 374 valence electrons. The van der Waals surface area contributed by atoms with Crippen LogP contribution in [0.25, 0.3) is 0 Å². The van der Waals surface area contributed by atoms with Gasteiger partial charge in [0.2, 0.25) is 0 Å². The van der Waals surface area contributed by atoms with Gasteiger partial charge < -0.3 is 4.74 Å². The molecular formula is C42H68F18O2. The fourth-order valence-corrected chi connectivity index (χ4v) is 6.34. The molecule has 0 radical (unpaired) electrons. The summed E-state index contributed by atoms with van der Waals surface area (Å²) in [6, 6.07) is 0. The summed E-state index contributed by atoms with van der Waals surface area (Å²) in [5.74, 6) is -51.0. The third-order valence-electron chi connectivity index (χ3n) is 10.4. The largest absolute Gasteiger partial charge is 0.466 e. The number of unbranched alkanes of at least 4 members (excludes halogenated alkanes) is 27. The first-order chi connectivity index (χ1) is 28.6. The SMILES string of the molecule is CCCCCCCCCCCCCCCCCCOC(=O)CCCCCCCCCCCCCCC.FC(F)(F)C(F)(F)C(F)(F)C(F)(F)C(F)(F)C(F)(F)C(F)(F)C(F)(F)F. The number of hydrogen-bond acceptors (Lipinski definition) is 2. The molecule has 62 heavy (non-hydrogen) atoms. The Balaban J connectivity index is 0. The molecule has 0 saturated carbocycles. The predicted molar refractivity (Wildman–Crippen MR) is 203 cm³/mol. The van der Waals surface area contributed by atoms with E-state index in [0.717, 1.165) is 12.8 Å². The number of carbonyl (C=O) groups is 1. The van der Waals surface area contributed by atoms with Crippen LogP contribution in [0.3, 0.4) is 0 Å². The number of alkyl halides is 18. The smallest absolute Gasteiger partial charge is 0.460 e. The summed E-state index contributed by atoms with van der Waals surface area (Å²) >= 11 is 0. The number of rotatable bonds is 36. The lowest BCUT2D eigenvalue weighted by Gasteiger charge is -2.41. The molecule has 0 aromatic heterocycles. The van der Waals surface area contributed by atoms with Crippen molar-refractivity contribution >= 4 is 5.97 Å². The lowest BCUT2D eigenvalue weighted by molar-refractivity contribution is -0.468. The second-order valence-electron chi connectivity index (χ2n) is 16.0. The highest BCUT2D eigenvalue weighted by Gasteiger charge is 2.95. The van der Waals surface area contributed by atoms with Crippen molar-refractivity contribution in [3.63, 3.8) is 0 Å². The minimum atomic E-state index is -8.72. The molecule has 0 spiro atoms. The fraction of sp³-hybridized carbons (Fsp3) is 0.976. The van der Waals surface area contributed by atoms with Crippen LogP contribution in [-0.2, 0) is 9.53 Å². The summed E-state index contributed by atoms with van der Waals surface area (Å²) in [6.07, 6.45) is 24.5. The lowest BCUT2D eigenvalue weighted by atomic mass is 9.91. The van der Waals surface area contributed by atoms with Crippen LogP contribution in [0, 0.1) is 0 Å². The first-order valence-electron chi connectivity index (χ1n) is 22.1. The molecule has 20 heteroatoms. The van der Waals surface area contributed by atoms with E-state index in [1.165, 1.54) is 173 Å². The average molecular weight is 947 g/mol. The van der Waals surface area contributed by atoms with Gasteiger partial charge in [-0.3, -0.25) is 4.79 Å². The van der Waals surface area contributed by atoms with E-state index in [1.807, 2.05) is 0 Å². The Hall–Kier alpha value is -1.79. The number of hydrogen-bond donors (Lipinski definition) is 0. The van der Waals surface area contributed by atoms with Crippen molar-refractivity contribution in [2.24, 2.45) is 0 Å². The van der Waals surface area contributed by atoms with Crippen LogP contribution in [-0.4, -0.2) is 60.5 Å². The molecule has 0 aromatic carbocycles. The van der Waals surface area contributed by atoms with Crippen molar-refractivity contribution in [2.45, 2.75) is 254 Å². The van der Waals surface area contributed by atoms with Crippen molar-refractivity contribution in [1.82, 2.24) is 0 Å². The molecule has 0 saturated heterocycles. The Morgan fingerprint density at radius 2 is 0.484 bits per heavy atom. The van der Waals surface area contributed by atoms with Gasteiger partial charge in [0, 0.05) is 6.42 Å². The Bertz CT molecular complexity index is 1080. The Morgan fingerprint density at radius 1 is 0.290 bits per heavy atom. The molecule has 0 aromatic rings. The summed E-state index contributed by atoms with van der Waals surface area (Å²) in [7, 11) is 0. The molecule has 2 nitrogen and oxygen atoms in total. The topological polar surface area (TPSA) is 26.3 Å². The average Bonchev–Trinajstić information content (AvgIpc) is 3.16. The van der Waals surface area contributed by atoms with Crippen molar-refractivity contribution in [2.75, 3.05) is 6.61 Å². The summed E-state index contributed by atoms with van der Waals surface area (Å²) < 4.78 is 226. The van der Waals surface area contributed by atoms with Gasteiger partial charge in [-0.25, -0.2) is 0 Å². The molecule has 0 aliphatic heterocycles. The predicted octanol–water partition coefficient (Wildman–Crippen LogP) is 18.2. The summed E-state index contributed by atoms with van der Waals surface area (Å²) in [5.41, 5.74) is 0. The van der Waals surface area contributed by atoms with Gasteiger partial charge in [-0.2, -0.15) is 79.0 Å². The zero-order valence-corrected chi connectivity index (χ0v) is 36.0. The molecule has 0 rings (SSSR count). The van der Waals surface area contributed by atoms with Gasteiger partial charge in [-0.1, -0.05) is 187 Å². The van der Waals surface area contributed by atoms with Crippen LogP contribution < -0.4 is 0 Å². The van der Waals surface area contributed by atoms with E-state index in [4.69, 9.17) is 4.74 Å². The quantitative estimate of drug-likeness (QED) is 0.0355. The molecule has 0 amide bonds. The van der Waals surface area contributed by atoms with Gasteiger partial charge in [-0.15, -0.1) is 0 Å². The standard InChI is InChI=1S/C34H68O2.C8F18/c1-3-5-7-9-11-13-15-17-18-19-21-23-25-27-29-31-33-36-34(35)32-30-28-26-24-22-20-16-14-12-10-8-6-4-2;9-1(10,3(13,14)5(17,18)7(21,22)23)2(11,12)4(15,16)6(19,20)8(24,25)26/h3-33H2,1-2H3;. The second kappa shape index (κ2) is 30.4. The minimum Gasteiger partial charge on any atom is -0.466 e. The Kier molecular flexibility index (Phi) is 30.6. The summed E-state index contributed by atoms with van der Waals surface area (Å²) in [4.78, 5) is 11.9. The van der Waals surface area contributed by atoms with Gasteiger partial charge in [0.1, 0.15) is 0 Å². The van der Waals surface area contributed by atoms with E-state index in [2.05, 4.69) is 13.8 Å². The van der Waals surface area contributed by atoms with Crippen LogP contribution in [0.4, 0.5) is 79.0 Å². The highest BCUT2D eigenvalue weighted by molar-refractivity contribution is 5.69. The van der Waals surface area contributed by atoms with E-state index >= 15 is 0 Å². The normalized spacial score (nSPS) is 13.6. The third kappa shape index (κ3) is 21.0. The van der Waals surface area contributed by atoms with Crippen LogP contribution in [0.15, 0.2) is 0 Å². The molecule has 0 aliphatic carbocycles. The zero-order chi connectivity index (χ0) is 48.2. The first-order valence-corrected chi connectivity index (χ1v) is 22.1. The van der Waals surface area contributed by atoms with Gasteiger partial charge in [0.15, 0.2) is 0 Å². The molecule has 0 aliphatic rings. The lowest BCUT2D eigenvalue weighted by Crippen LogP contribution is -2.74. The Labute approximate surface area is 355 Å². The van der Waals surface area contributed by atoms with Crippen LogP contribution in [0.2, 0.25) is 0 Å². The summed E-state index contributed by atoms with van der Waals surface area (Å²) in [6.45, 7) is 5.21. The van der Waals surface area contributed by atoms with E-state index in [0.29, 0.717) is 13.0 Å². The maximum Gasteiger partial charge on any atom is 0.460 e. The van der Waals surface area contributed by atoms with Crippen LogP contribution in [0.1, 0.15) is 206 Å². The van der Waals surface area contributed by atoms with Crippen molar-refractivity contribution in [3.8, 4) is 0 Å². The molecule has 0 unspecified atom stereocenters. The number of carbonyl (C=O) groups excluding carboxylic acids is 1. The van der Waals surface area contributed by atoms with Crippen molar-refractivity contribution in [1.29, 1.82) is 0 Å². The highest BCUT2D eigenvalue weighted by Crippen LogP contribution is 2.64. The molecule has 0 bridgehead atoms. The molecule has 0 heterocycles. The highest BCUT2D eigenvalue weighted by atomic mass is 19.4. The van der Waals surface area contributed by atoms with E-state index in [9.17, 15) is 83.8 Å². The van der Waals surface area contributed by atoms with Gasteiger partial charge in [0.25, 0.3) is 0 Å². The molecular weight excluding hydrogens is 878 g/mol. The number of esters is 1. The van der Waals surface area contributed by atoms with Crippen molar-refractivity contribution < 1.29 is 88.6 Å². The first kappa shape index (κ1) is 62.3. The maximum absolute atomic E-state index is 12.8. The minimum absolute atomic E-state index is 0.0269. The van der Waals surface area contributed by atoms with E-state index in [-0.39, 0.29) is 5.97 Å². The Morgan fingerprint density at radius 3 is 0.710 bits per heavy atom. The van der Waals surface area contributed by atoms with E-state index in [1.54, 1.807) is 0 Å². The second-order valence-corrected chi connectivity index (χ2v) is 16.0. The maximum atomic E-state index is 12.8. The van der Waals surface area contributed by atoms with Gasteiger partial charge in [0.05, 0.1) is 6.61 Å². The third-order valence-corrected chi connectivity index (χ3v) is 10.4. The van der Waals surface area contributed by atoms with Crippen molar-refractivity contribution in [3.05, 3.63) is 0 Å². The molecule has 0 N–H and O–H groups in total. The van der Waals surface area contributed by atoms with Crippen LogP contribution in [0.5, 0.6) is 0 Å². The monoisotopic (exact) mass is 946 g/mol. The van der Waals surface area contributed by atoms with E-state index < -0.39 is 47.9 Å². The molecule has 0 fully saturated rings. The van der Waals surface area contributed by atoms with Gasteiger partial charge >= 0.3 is 53.9 Å².